The monoisotopic (exact) mass is 421 g/mol. The zero-order valence-electron chi connectivity index (χ0n) is 18.7. The van der Waals surface area contributed by atoms with Crippen LogP contribution in [0.2, 0.25) is 0 Å². The summed E-state index contributed by atoms with van der Waals surface area (Å²) in [5, 5.41) is 0. The fraction of sp³-hybridized carbons (Fsp3) is 0.276. The van der Waals surface area contributed by atoms with Crippen LogP contribution in [-0.4, -0.2) is 31.2 Å². The molecule has 162 valence electrons. The predicted octanol–water partition coefficient (Wildman–Crippen LogP) is 6.62. The number of anilines is 2. The summed E-state index contributed by atoms with van der Waals surface area (Å²) in [5.74, 6) is 0. The first-order chi connectivity index (χ1) is 15.8. The Kier molecular flexibility index (Phi) is 6.34. The lowest BCUT2D eigenvalue weighted by Crippen LogP contribution is -2.17. The summed E-state index contributed by atoms with van der Waals surface area (Å²) in [5.41, 5.74) is 7.19. The van der Waals surface area contributed by atoms with Crippen LogP contribution in [0.1, 0.15) is 48.1 Å². The second-order valence-corrected chi connectivity index (χ2v) is 8.72. The lowest BCUT2D eigenvalue weighted by molar-refractivity contribution is 0.949. The molecule has 3 heterocycles. The van der Waals surface area contributed by atoms with Crippen LogP contribution in [0.15, 0.2) is 66.9 Å². The van der Waals surface area contributed by atoms with Crippen molar-refractivity contribution in [2.45, 2.75) is 25.7 Å². The molecule has 5 rings (SSSR count). The second kappa shape index (κ2) is 9.86. The van der Waals surface area contributed by atoms with Crippen LogP contribution in [0, 0.1) is 0 Å². The maximum Gasteiger partial charge on any atom is 0.0702 e. The largest absolute Gasteiger partial charge is 0.372 e. The number of hydrogen-bond acceptors (Lipinski definition) is 3. The molecule has 0 aliphatic carbocycles. The van der Waals surface area contributed by atoms with Crippen molar-refractivity contribution in [2.24, 2.45) is 0 Å². The van der Waals surface area contributed by atoms with Crippen molar-refractivity contribution in [1.82, 2.24) is 4.98 Å². The van der Waals surface area contributed by atoms with Gasteiger partial charge >= 0.3 is 0 Å². The molecule has 0 N–H and O–H groups in total. The number of pyridine rings is 1. The van der Waals surface area contributed by atoms with Crippen molar-refractivity contribution < 1.29 is 0 Å². The molecule has 0 amide bonds. The number of benzene rings is 2. The van der Waals surface area contributed by atoms with Gasteiger partial charge in [0.1, 0.15) is 0 Å². The van der Waals surface area contributed by atoms with Crippen LogP contribution in [0.5, 0.6) is 0 Å². The van der Waals surface area contributed by atoms with E-state index < -0.39 is 0 Å². The lowest BCUT2D eigenvalue weighted by atomic mass is 10.1. The Morgan fingerprint density at radius 1 is 0.562 bits per heavy atom. The first-order valence-corrected chi connectivity index (χ1v) is 11.9. The third kappa shape index (κ3) is 4.94. The average Bonchev–Trinajstić information content (AvgIpc) is 3.58. The van der Waals surface area contributed by atoms with Crippen LogP contribution in [0.25, 0.3) is 24.3 Å². The molecule has 2 fully saturated rings. The first-order valence-electron chi connectivity index (χ1n) is 11.9. The van der Waals surface area contributed by atoms with E-state index in [-0.39, 0.29) is 0 Å². The van der Waals surface area contributed by atoms with E-state index in [1.54, 1.807) is 0 Å². The van der Waals surface area contributed by atoms with Gasteiger partial charge in [-0.2, -0.15) is 0 Å². The van der Waals surface area contributed by atoms with Gasteiger partial charge in [0.25, 0.3) is 0 Å². The number of hydrogen-bond donors (Lipinski definition) is 0. The van der Waals surface area contributed by atoms with Gasteiger partial charge in [-0.05, 0) is 73.2 Å². The Morgan fingerprint density at radius 2 is 1.06 bits per heavy atom. The molecular formula is C29H31N3. The van der Waals surface area contributed by atoms with Gasteiger partial charge in [-0.3, -0.25) is 4.98 Å². The molecule has 0 spiro atoms. The van der Waals surface area contributed by atoms with E-state index in [0.29, 0.717) is 0 Å². The average molecular weight is 422 g/mol. The Morgan fingerprint density at radius 3 is 1.59 bits per heavy atom. The molecule has 2 saturated heterocycles. The molecular weight excluding hydrogens is 390 g/mol. The molecule has 0 bridgehead atoms. The van der Waals surface area contributed by atoms with E-state index in [2.05, 4.69) is 93.7 Å². The third-order valence-electron chi connectivity index (χ3n) is 6.49. The molecule has 0 unspecified atom stereocenters. The van der Waals surface area contributed by atoms with E-state index >= 15 is 0 Å². The van der Waals surface area contributed by atoms with Gasteiger partial charge in [0.05, 0.1) is 5.69 Å². The van der Waals surface area contributed by atoms with Gasteiger partial charge in [0.15, 0.2) is 0 Å². The molecule has 0 saturated carbocycles. The minimum atomic E-state index is 0.987. The first kappa shape index (κ1) is 20.6. The quantitative estimate of drug-likeness (QED) is 0.446. The normalized spacial score (nSPS) is 16.6. The maximum absolute atomic E-state index is 4.60. The van der Waals surface area contributed by atoms with Crippen LogP contribution in [0.4, 0.5) is 11.4 Å². The Hall–Kier alpha value is -3.33. The highest BCUT2D eigenvalue weighted by Gasteiger charge is 2.12. The molecule has 2 aliphatic rings. The Balaban J connectivity index is 1.27. The van der Waals surface area contributed by atoms with Crippen molar-refractivity contribution in [1.29, 1.82) is 0 Å². The van der Waals surface area contributed by atoms with Gasteiger partial charge in [0.2, 0.25) is 0 Å². The van der Waals surface area contributed by atoms with Crippen molar-refractivity contribution in [2.75, 3.05) is 36.0 Å². The highest BCUT2D eigenvalue weighted by atomic mass is 15.1. The van der Waals surface area contributed by atoms with Crippen LogP contribution >= 0.6 is 0 Å². The second-order valence-electron chi connectivity index (χ2n) is 8.72. The number of nitrogens with zero attached hydrogens (tertiary/aromatic N) is 3. The zero-order chi connectivity index (χ0) is 21.6. The van der Waals surface area contributed by atoms with Crippen molar-refractivity contribution >= 4 is 35.7 Å². The van der Waals surface area contributed by atoms with Gasteiger partial charge < -0.3 is 9.80 Å². The van der Waals surface area contributed by atoms with Crippen molar-refractivity contribution in [3.63, 3.8) is 0 Å². The smallest absolute Gasteiger partial charge is 0.0702 e. The van der Waals surface area contributed by atoms with E-state index in [1.165, 1.54) is 74.4 Å². The summed E-state index contributed by atoms with van der Waals surface area (Å²) in [6, 6.07) is 21.9. The van der Waals surface area contributed by atoms with E-state index in [4.69, 9.17) is 0 Å². The molecule has 2 aliphatic heterocycles. The SMILES string of the molecule is C(=Cc1cccnc1C=Cc1ccc(N2CCCC2)cc1)c1ccc(N2CCCC2)cc1. The zero-order valence-corrected chi connectivity index (χ0v) is 18.7. The fourth-order valence-electron chi connectivity index (χ4n) is 4.61. The van der Waals surface area contributed by atoms with Gasteiger partial charge in [-0.1, -0.05) is 48.6 Å². The summed E-state index contributed by atoms with van der Waals surface area (Å²) >= 11 is 0. The maximum atomic E-state index is 4.60. The summed E-state index contributed by atoms with van der Waals surface area (Å²) in [7, 11) is 0. The molecule has 3 aromatic rings. The molecule has 32 heavy (non-hydrogen) atoms. The van der Waals surface area contributed by atoms with Gasteiger partial charge in [-0.25, -0.2) is 0 Å². The van der Waals surface area contributed by atoms with Crippen molar-refractivity contribution in [3.8, 4) is 0 Å². The van der Waals surface area contributed by atoms with Crippen LogP contribution < -0.4 is 9.80 Å². The topological polar surface area (TPSA) is 19.4 Å². The molecule has 3 heteroatoms. The van der Waals surface area contributed by atoms with Crippen LogP contribution in [0.3, 0.4) is 0 Å². The summed E-state index contributed by atoms with van der Waals surface area (Å²) in [6.45, 7) is 4.72. The van der Waals surface area contributed by atoms with Crippen molar-refractivity contribution in [3.05, 3.63) is 89.2 Å². The Labute approximate surface area is 191 Å². The molecule has 1 aromatic heterocycles. The fourth-order valence-corrected chi connectivity index (χ4v) is 4.61. The number of rotatable bonds is 6. The summed E-state index contributed by atoms with van der Waals surface area (Å²) in [4.78, 5) is 9.53. The van der Waals surface area contributed by atoms with E-state index in [1.807, 2.05) is 12.3 Å². The number of aromatic nitrogens is 1. The molecule has 3 nitrogen and oxygen atoms in total. The highest BCUT2D eigenvalue weighted by molar-refractivity contribution is 5.78. The third-order valence-corrected chi connectivity index (χ3v) is 6.49. The van der Waals surface area contributed by atoms with E-state index in [9.17, 15) is 0 Å². The van der Waals surface area contributed by atoms with Gasteiger partial charge in [0, 0.05) is 49.3 Å². The standard InChI is InChI=1S/C29H31N3/c1-2-21-31(20-1)27-14-8-24(9-15-27)7-13-26-6-5-19-30-29(26)18-12-25-10-16-28(17-11-25)32-22-3-4-23-32/h5-19H,1-4,20-23H2. The predicted molar refractivity (Wildman–Crippen MR) is 138 cm³/mol. The molecule has 2 aromatic carbocycles. The molecule has 0 atom stereocenters. The van der Waals surface area contributed by atoms with E-state index in [0.717, 1.165) is 11.3 Å². The summed E-state index contributed by atoms with van der Waals surface area (Å²) < 4.78 is 0. The lowest BCUT2D eigenvalue weighted by Gasteiger charge is -2.17. The minimum absolute atomic E-state index is 0.987. The Bertz CT molecular complexity index is 980. The van der Waals surface area contributed by atoms with Gasteiger partial charge in [-0.15, -0.1) is 0 Å². The minimum Gasteiger partial charge on any atom is -0.372 e. The van der Waals surface area contributed by atoms with Crippen LogP contribution in [-0.2, 0) is 0 Å². The summed E-state index contributed by atoms with van der Waals surface area (Å²) in [6.07, 6.45) is 15.7. The molecule has 0 radical (unpaired) electrons. The highest BCUT2D eigenvalue weighted by Crippen LogP contribution is 2.23.